The fourth-order valence-electron chi connectivity index (χ4n) is 3.27. The molecule has 1 unspecified atom stereocenters. The van der Waals surface area contributed by atoms with E-state index in [1.165, 1.54) is 25.1 Å². The Morgan fingerprint density at radius 1 is 1.31 bits per heavy atom. The number of hydrogen-bond acceptors (Lipinski definition) is 2. The summed E-state index contributed by atoms with van der Waals surface area (Å²) in [6, 6.07) is 4.16. The van der Waals surface area contributed by atoms with Gasteiger partial charge < -0.3 is 15.5 Å². The summed E-state index contributed by atoms with van der Waals surface area (Å²) in [6.07, 6.45) is 3.39. The monoisotopic (exact) mass is 480 g/mol. The van der Waals surface area contributed by atoms with Crippen LogP contribution in [0.1, 0.15) is 44.6 Å². The molecule has 7 heteroatoms. The number of benzene rings is 1. The Balaban J connectivity index is 0.00000338. The van der Waals surface area contributed by atoms with Crippen LogP contribution in [0.15, 0.2) is 23.2 Å². The average molecular weight is 480 g/mol. The Kier molecular flexibility index (Phi) is 10.4. The summed E-state index contributed by atoms with van der Waals surface area (Å²) >= 11 is 0. The van der Waals surface area contributed by atoms with E-state index in [9.17, 15) is 8.78 Å². The van der Waals surface area contributed by atoms with Gasteiger partial charge in [-0.2, -0.15) is 0 Å². The minimum atomic E-state index is -0.548. The Labute approximate surface area is 172 Å². The maximum absolute atomic E-state index is 13.9. The van der Waals surface area contributed by atoms with Crippen molar-refractivity contribution < 1.29 is 8.78 Å². The lowest BCUT2D eigenvalue weighted by Gasteiger charge is -2.33. The fraction of sp³-hybridized carbons (Fsp3) is 0.632. The Hall–Kier alpha value is -0.960. The van der Waals surface area contributed by atoms with Crippen molar-refractivity contribution in [3.05, 3.63) is 35.4 Å². The zero-order valence-corrected chi connectivity index (χ0v) is 18.2. The number of hydrogen-bond donors (Lipinski definition) is 2. The van der Waals surface area contributed by atoms with Crippen LogP contribution in [-0.2, 0) is 0 Å². The number of rotatable bonds is 6. The van der Waals surface area contributed by atoms with Crippen molar-refractivity contribution in [1.82, 2.24) is 15.5 Å². The van der Waals surface area contributed by atoms with Gasteiger partial charge in [-0.3, -0.25) is 4.99 Å². The van der Waals surface area contributed by atoms with Crippen LogP contribution in [0.25, 0.3) is 0 Å². The highest BCUT2D eigenvalue weighted by Gasteiger charge is 2.19. The van der Waals surface area contributed by atoms with Crippen LogP contribution in [0.5, 0.6) is 0 Å². The number of guanidine groups is 1. The zero-order chi connectivity index (χ0) is 18.2. The first-order valence-corrected chi connectivity index (χ1v) is 9.18. The summed E-state index contributed by atoms with van der Waals surface area (Å²) in [5.41, 5.74) is 0.511. The van der Waals surface area contributed by atoms with Crippen LogP contribution in [0.2, 0.25) is 0 Å². The third-order valence-electron chi connectivity index (χ3n) is 4.76. The normalized spacial score (nSPS) is 17.5. The van der Waals surface area contributed by atoms with Crippen molar-refractivity contribution in [2.45, 2.75) is 45.1 Å². The van der Waals surface area contributed by atoms with Crippen LogP contribution < -0.4 is 10.6 Å². The van der Waals surface area contributed by atoms with E-state index in [2.05, 4.69) is 27.4 Å². The van der Waals surface area contributed by atoms with E-state index in [1.807, 2.05) is 6.92 Å². The second-order valence-corrected chi connectivity index (χ2v) is 6.78. The molecule has 1 aliphatic rings. The molecule has 2 rings (SSSR count). The average Bonchev–Trinajstić information content (AvgIpc) is 2.60. The van der Waals surface area contributed by atoms with Gasteiger partial charge in [0, 0.05) is 44.7 Å². The molecule has 1 aromatic carbocycles. The summed E-state index contributed by atoms with van der Waals surface area (Å²) in [5.74, 6) is -0.386. The number of aliphatic imine (C=N–C) groups is 1. The smallest absolute Gasteiger partial charge is 0.191 e. The van der Waals surface area contributed by atoms with Gasteiger partial charge in [0.25, 0.3) is 0 Å². The molecular formula is C19H31F2IN4. The maximum Gasteiger partial charge on any atom is 0.191 e. The molecule has 2 N–H and O–H groups in total. The molecule has 0 bridgehead atoms. The van der Waals surface area contributed by atoms with Gasteiger partial charge in [-0.25, -0.2) is 8.78 Å². The summed E-state index contributed by atoms with van der Waals surface area (Å²) in [5, 5.41) is 6.72. The first kappa shape index (κ1) is 23.1. The van der Waals surface area contributed by atoms with E-state index in [0.29, 0.717) is 18.2 Å². The van der Waals surface area contributed by atoms with Crippen LogP contribution >= 0.6 is 24.0 Å². The molecular weight excluding hydrogens is 449 g/mol. The molecule has 1 heterocycles. The highest BCUT2D eigenvalue weighted by atomic mass is 127. The van der Waals surface area contributed by atoms with Gasteiger partial charge in [0.2, 0.25) is 0 Å². The molecule has 0 spiro atoms. The third-order valence-corrected chi connectivity index (χ3v) is 4.76. The number of piperidine rings is 1. The van der Waals surface area contributed by atoms with Gasteiger partial charge in [-0.1, -0.05) is 19.9 Å². The van der Waals surface area contributed by atoms with E-state index < -0.39 is 11.6 Å². The maximum atomic E-state index is 13.9. The van der Waals surface area contributed by atoms with E-state index in [0.717, 1.165) is 38.0 Å². The summed E-state index contributed by atoms with van der Waals surface area (Å²) in [6.45, 7) is 8.05. The van der Waals surface area contributed by atoms with Gasteiger partial charge in [0.05, 0.1) is 0 Å². The fourth-order valence-corrected chi connectivity index (χ4v) is 3.27. The highest BCUT2D eigenvalue weighted by molar-refractivity contribution is 14.0. The highest BCUT2D eigenvalue weighted by Crippen LogP contribution is 2.19. The van der Waals surface area contributed by atoms with Crippen molar-refractivity contribution in [2.24, 2.45) is 4.99 Å². The number of halogens is 3. The molecule has 1 fully saturated rings. The molecule has 1 atom stereocenters. The number of nitrogens with one attached hydrogen (secondary N) is 2. The first-order valence-electron chi connectivity index (χ1n) is 9.18. The lowest BCUT2D eigenvalue weighted by atomic mass is 10.0. The summed E-state index contributed by atoms with van der Waals surface area (Å²) in [4.78, 5) is 6.76. The SMILES string of the molecule is CCCN1CCC(NC(=NC)NCC(C)c2ccc(F)cc2F)CC1.I. The van der Waals surface area contributed by atoms with Gasteiger partial charge in [-0.05, 0) is 37.4 Å². The van der Waals surface area contributed by atoms with Crippen LogP contribution in [0.3, 0.4) is 0 Å². The molecule has 0 saturated carbocycles. The van der Waals surface area contributed by atoms with Crippen molar-refractivity contribution in [3.63, 3.8) is 0 Å². The minimum Gasteiger partial charge on any atom is -0.356 e. The van der Waals surface area contributed by atoms with E-state index in [4.69, 9.17) is 0 Å². The topological polar surface area (TPSA) is 39.7 Å². The zero-order valence-electron chi connectivity index (χ0n) is 15.9. The summed E-state index contributed by atoms with van der Waals surface area (Å²) in [7, 11) is 1.74. The number of likely N-dealkylation sites (tertiary alicyclic amines) is 1. The molecule has 148 valence electrons. The molecule has 4 nitrogen and oxygen atoms in total. The molecule has 0 radical (unpaired) electrons. The second kappa shape index (κ2) is 11.7. The van der Waals surface area contributed by atoms with E-state index >= 15 is 0 Å². The predicted molar refractivity (Wildman–Crippen MR) is 114 cm³/mol. The van der Waals surface area contributed by atoms with Crippen molar-refractivity contribution >= 4 is 29.9 Å². The molecule has 0 aromatic heterocycles. The predicted octanol–water partition coefficient (Wildman–Crippen LogP) is 3.73. The Morgan fingerprint density at radius 2 is 2.00 bits per heavy atom. The standard InChI is InChI=1S/C19H30F2N4.HI/c1-4-9-25-10-7-16(8-11-25)24-19(22-3)23-13-14(2)17-6-5-15(20)12-18(17)21;/h5-6,12,14,16H,4,7-11,13H2,1-3H3,(H2,22,23,24);1H. The van der Waals surface area contributed by atoms with Crippen molar-refractivity contribution in [3.8, 4) is 0 Å². The molecule has 26 heavy (non-hydrogen) atoms. The Bertz CT molecular complexity index is 575. The minimum absolute atomic E-state index is 0. The van der Waals surface area contributed by atoms with Crippen LogP contribution in [0.4, 0.5) is 8.78 Å². The van der Waals surface area contributed by atoms with Gasteiger partial charge in [-0.15, -0.1) is 24.0 Å². The lowest BCUT2D eigenvalue weighted by molar-refractivity contribution is 0.206. The van der Waals surface area contributed by atoms with Gasteiger partial charge >= 0.3 is 0 Å². The largest absolute Gasteiger partial charge is 0.356 e. The second-order valence-electron chi connectivity index (χ2n) is 6.78. The Morgan fingerprint density at radius 3 is 2.58 bits per heavy atom. The molecule has 1 saturated heterocycles. The van der Waals surface area contributed by atoms with Gasteiger partial charge in [0.1, 0.15) is 11.6 Å². The molecule has 1 aliphatic heterocycles. The third kappa shape index (κ3) is 6.98. The number of nitrogens with zero attached hydrogens (tertiary/aromatic N) is 2. The quantitative estimate of drug-likeness (QED) is 0.371. The first-order chi connectivity index (χ1) is 12.0. The molecule has 1 aromatic rings. The van der Waals surface area contributed by atoms with Crippen molar-refractivity contribution in [2.75, 3.05) is 33.2 Å². The molecule has 0 aliphatic carbocycles. The lowest BCUT2D eigenvalue weighted by Crippen LogP contribution is -2.49. The van der Waals surface area contributed by atoms with E-state index in [-0.39, 0.29) is 29.9 Å². The molecule has 0 amide bonds. The van der Waals surface area contributed by atoms with Crippen LogP contribution in [-0.4, -0.2) is 50.1 Å². The van der Waals surface area contributed by atoms with E-state index in [1.54, 1.807) is 7.05 Å². The van der Waals surface area contributed by atoms with Crippen LogP contribution in [0, 0.1) is 11.6 Å². The summed E-state index contributed by atoms with van der Waals surface area (Å²) < 4.78 is 26.9. The van der Waals surface area contributed by atoms with Crippen molar-refractivity contribution in [1.29, 1.82) is 0 Å². The van der Waals surface area contributed by atoms with Gasteiger partial charge in [0.15, 0.2) is 5.96 Å².